The van der Waals surface area contributed by atoms with Crippen LogP contribution in [0.25, 0.3) is 0 Å². The Hall–Kier alpha value is -1.50. The highest BCUT2D eigenvalue weighted by Crippen LogP contribution is 2.33. The summed E-state index contributed by atoms with van der Waals surface area (Å²) in [6, 6.07) is 8.23. The van der Waals surface area contributed by atoms with Gasteiger partial charge < -0.3 is 9.47 Å². The fraction of sp³-hybridized carbons (Fsp3) is 0.438. The molecule has 1 aromatic rings. The van der Waals surface area contributed by atoms with Gasteiger partial charge in [0.15, 0.2) is 21.9 Å². The van der Waals surface area contributed by atoms with Crippen LogP contribution in [0.4, 0.5) is 0 Å². The first-order chi connectivity index (χ1) is 10.4. The van der Waals surface area contributed by atoms with E-state index in [2.05, 4.69) is 0 Å². The molecule has 0 radical (unpaired) electrons. The number of allylic oxidation sites excluding steroid dienone is 1. The molecule has 5 nitrogen and oxygen atoms in total. The standard InChI is InChI=1S/C16H20O5S/c1-11-9-15(13(10-14(11)17)16(20-2)21-3)22(18,19)12-7-5-4-6-8-12/h4-9,13,15-16H,10H2,1-3H3. The summed E-state index contributed by atoms with van der Waals surface area (Å²) >= 11 is 0. The molecule has 0 aromatic heterocycles. The summed E-state index contributed by atoms with van der Waals surface area (Å²) in [4.78, 5) is 12.2. The van der Waals surface area contributed by atoms with Gasteiger partial charge >= 0.3 is 0 Å². The summed E-state index contributed by atoms with van der Waals surface area (Å²) in [5, 5.41) is -0.850. The Labute approximate surface area is 130 Å². The van der Waals surface area contributed by atoms with Crippen molar-refractivity contribution in [2.24, 2.45) is 5.92 Å². The number of ether oxygens (including phenoxy) is 2. The van der Waals surface area contributed by atoms with Crippen LogP contribution < -0.4 is 0 Å². The molecule has 0 heterocycles. The molecule has 120 valence electrons. The van der Waals surface area contributed by atoms with Crippen molar-refractivity contribution in [3.63, 3.8) is 0 Å². The number of rotatable bonds is 5. The van der Waals surface area contributed by atoms with Crippen LogP contribution in [-0.4, -0.2) is 40.0 Å². The van der Waals surface area contributed by atoms with E-state index >= 15 is 0 Å². The Kier molecular flexibility index (Phi) is 5.16. The number of sulfone groups is 1. The Morgan fingerprint density at radius 1 is 1.14 bits per heavy atom. The molecule has 0 saturated carbocycles. The third-order valence-electron chi connectivity index (χ3n) is 3.94. The number of ketones is 1. The number of Topliss-reactive ketones (excluding diaryl/α,β-unsaturated/α-hetero) is 1. The Morgan fingerprint density at radius 3 is 2.27 bits per heavy atom. The fourth-order valence-corrected chi connectivity index (χ4v) is 4.66. The predicted molar refractivity (Wildman–Crippen MR) is 82.1 cm³/mol. The first-order valence-corrected chi connectivity index (χ1v) is 8.52. The zero-order valence-corrected chi connectivity index (χ0v) is 13.7. The van der Waals surface area contributed by atoms with Gasteiger partial charge in [-0.25, -0.2) is 8.42 Å². The minimum atomic E-state index is -3.62. The van der Waals surface area contributed by atoms with Gasteiger partial charge in [0.1, 0.15) is 0 Å². The van der Waals surface area contributed by atoms with E-state index in [4.69, 9.17) is 9.47 Å². The normalized spacial score (nSPS) is 22.7. The molecule has 0 saturated heterocycles. The van der Waals surface area contributed by atoms with Gasteiger partial charge in [-0.1, -0.05) is 24.3 Å². The SMILES string of the molecule is COC(OC)C1CC(=O)C(C)=CC1S(=O)(=O)c1ccccc1. The van der Waals surface area contributed by atoms with Crippen LogP contribution >= 0.6 is 0 Å². The molecule has 0 aliphatic heterocycles. The van der Waals surface area contributed by atoms with E-state index in [1.165, 1.54) is 20.3 Å². The minimum absolute atomic E-state index is 0.0800. The number of methoxy groups -OCH3 is 2. The van der Waals surface area contributed by atoms with Gasteiger partial charge in [0, 0.05) is 26.6 Å². The van der Waals surface area contributed by atoms with Crippen LogP contribution in [-0.2, 0) is 24.1 Å². The van der Waals surface area contributed by atoms with Crippen LogP contribution in [0, 0.1) is 5.92 Å². The van der Waals surface area contributed by atoms with Crippen LogP contribution in [0.5, 0.6) is 0 Å². The second-order valence-electron chi connectivity index (χ2n) is 5.30. The van der Waals surface area contributed by atoms with Crippen molar-refractivity contribution >= 4 is 15.6 Å². The monoisotopic (exact) mass is 324 g/mol. The zero-order chi connectivity index (χ0) is 16.3. The van der Waals surface area contributed by atoms with Gasteiger partial charge in [-0.05, 0) is 24.6 Å². The van der Waals surface area contributed by atoms with Crippen LogP contribution in [0.3, 0.4) is 0 Å². The van der Waals surface area contributed by atoms with Crippen molar-refractivity contribution in [2.75, 3.05) is 14.2 Å². The lowest BCUT2D eigenvalue weighted by Gasteiger charge is -2.32. The summed E-state index contributed by atoms with van der Waals surface area (Å²) in [5.74, 6) is -0.653. The van der Waals surface area contributed by atoms with E-state index in [9.17, 15) is 13.2 Å². The number of carbonyl (C=O) groups excluding carboxylic acids is 1. The molecule has 0 N–H and O–H groups in total. The Bertz CT molecular complexity index is 659. The number of hydrogen-bond acceptors (Lipinski definition) is 5. The molecule has 2 unspecified atom stereocenters. The molecule has 6 heteroatoms. The van der Waals surface area contributed by atoms with Crippen LogP contribution in [0.1, 0.15) is 13.3 Å². The lowest BCUT2D eigenvalue weighted by atomic mass is 9.88. The summed E-state index contributed by atoms with van der Waals surface area (Å²) in [7, 11) is -0.740. The first kappa shape index (κ1) is 16.9. The Balaban J connectivity index is 2.50. The maximum Gasteiger partial charge on any atom is 0.185 e. The number of benzene rings is 1. The molecule has 1 aromatic carbocycles. The van der Waals surface area contributed by atoms with Crippen molar-refractivity contribution in [2.45, 2.75) is 29.8 Å². The minimum Gasteiger partial charge on any atom is -0.356 e. The molecule has 2 rings (SSSR count). The zero-order valence-electron chi connectivity index (χ0n) is 12.9. The predicted octanol–water partition coefficient (Wildman–Crippen LogP) is 1.98. The highest BCUT2D eigenvalue weighted by Gasteiger charge is 2.42. The highest BCUT2D eigenvalue weighted by atomic mass is 32.2. The maximum absolute atomic E-state index is 12.9. The van der Waals surface area contributed by atoms with Crippen LogP contribution in [0.2, 0.25) is 0 Å². The van der Waals surface area contributed by atoms with Crippen molar-refractivity contribution in [1.82, 2.24) is 0 Å². The van der Waals surface area contributed by atoms with Gasteiger partial charge in [-0.3, -0.25) is 4.79 Å². The maximum atomic E-state index is 12.9. The first-order valence-electron chi connectivity index (χ1n) is 6.98. The third-order valence-corrected chi connectivity index (χ3v) is 6.07. The van der Waals surface area contributed by atoms with Gasteiger partial charge in [0.25, 0.3) is 0 Å². The second kappa shape index (κ2) is 6.73. The van der Waals surface area contributed by atoms with Crippen molar-refractivity contribution in [3.8, 4) is 0 Å². The molecule has 0 amide bonds. The van der Waals surface area contributed by atoms with Crippen LogP contribution in [0.15, 0.2) is 46.9 Å². The molecular formula is C16H20O5S. The van der Waals surface area contributed by atoms with E-state index in [1.54, 1.807) is 37.3 Å². The molecule has 22 heavy (non-hydrogen) atoms. The number of carbonyl (C=O) groups is 1. The fourth-order valence-electron chi connectivity index (χ4n) is 2.74. The Morgan fingerprint density at radius 2 is 1.73 bits per heavy atom. The molecule has 0 bridgehead atoms. The quantitative estimate of drug-likeness (QED) is 0.775. The molecular weight excluding hydrogens is 304 g/mol. The summed E-state index contributed by atoms with van der Waals surface area (Å²) in [6.07, 6.45) is 0.853. The van der Waals surface area contributed by atoms with E-state index < -0.39 is 27.3 Å². The summed E-state index contributed by atoms with van der Waals surface area (Å²) in [6.45, 7) is 1.64. The lowest BCUT2D eigenvalue weighted by Crippen LogP contribution is -2.42. The topological polar surface area (TPSA) is 69.7 Å². The smallest absolute Gasteiger partial charge is 0.185 e. The molecule has 0 spiro atoms. The second-order valence-corrected chi connectivity index (χ2v) is 7.41. The average molecular weight is 324 g/mol. The molecule has 1 aliphatic rings. The lowest BCUT2D eigenvalue weighted by molar-refractivity contribution is -0.144. The van der Waals surface area contributed by atoms with Crippen molar-refractivity contribution in [1.29, 1.82) is 0 Å². The molecule has 2 atom stereocenters. The third kappa shape index (κ3) is 3.14. The molecule has 1 aliphatic carbocycles. The van der Waals surface area contributed by atoms with E-state index in [-0.39, 0.29) is 17.1 Å². The van der Waals surface area contributed by atoms with E-state index in [0.717, 1.165) is 0 Å². The van der Waals surface area contributed by atoms with Crippen molar-refractivity contribution < 1.29 is 22.7 Å². The number of hydrogen-bond donors (Lipinski definition) is 0. The van der Waals surface area contributed by atoms with Gasteiger partial charge in [0.05, 0.1) is 10.1 Å². The van der Waals surface area contributed by atoms with Gasteiger partial charge in [-0.15, -0.1) is 0 Å². The van der Waals surface area contributed by atoms with Gasteiger partial charge in [-0.2, -0.15) is 0 Å². The average Bonchev–Trinajstić information content (AvgIpc) is 2.52. The van der Waals surface area contributed by atoms with E-state index in [1.807, 2.05) is 0 Å². The van der Waals surface area contributed by atoms with E-state index in [0.29, 0.717) is 5.57 Å². The molecule has 0 fully saturated rings. The summed E-state index contributed by atoms with van der Waals surface area (Å²) < 4.78 is 36.3. The summed E-state index contributed by atoms with van der Waals surface area (Å²) in [5.41, 5.74) is 0.465. The highest BCUT2D eigenvalue weighted by molar-refractivity contribution is 7.92. The van der Waals surface area contributed by atoms with Crippen molar-refractivity contribution in [3.05, 3.63) is 42.0 Å². The van der Waals surface area contributed by atoms with Gasteiger partial charge in [0.2, 0.25) is 0 Å². The largest absolute Gasteiger partial charge is 0.356 e.